The minimum atomic E-state index is -0.0296. The van der Waals surface area contributed by atoms with Gasteiger partial charge in [-0.1, -0.05) is 20.8 Å². The molecule has 26 heavy (non-hydrogen) atoms. The van der Waals surface area contributed by atoms with Crippen LogP contribution >= 0.6 is 0 Å². The number of ether oxygens (including phenoxy) is 4. The number of hydrogen-bond acceptors (Lipinski definition) is 5. The van der Waals surface area contributed by atoms with Crippen LogP contribution < -0.4 is 14.2 Å². The molecule has 1 amide bonds. The van der Waals surface area contributed by atoms with Gasteiger partial charge in [0.25, 0.3) is 5.91 Å². The Morgan fingerprint density at radius 2 is 1.42 bits per heavy atom. The molecular weight excluding hydrogens is 334 g/mol. The van der Waals surface area contributed by atoms with E-state index in [1.807, 2.05) is 13.8 Å². The fraction of sp³-hybridized carbons (Fsp3) is 0.650. The summed E-state index contributed by atoms with van der Waals surface area (Å²) in [5.41, 5.74) is 0.563. The monoisotopic (exact) mass is 365 g/mol. The van der Waals surface area contributed by atoms with Gasteiger partial charge in [0.1, 0.15) is 0 Å². The van der Waals surface area contributed by atoms with Gasteiger partial charge in [-0.15, -0.1) is 0 Å². The van der Waals surface area contributed by atoms with E-state index in [1.165, 1.54) is 0 Å². The van der Waals surface area contributed by atoms with Gasteiger partial charge in [0.2, 0.25) is 5.75 Å². The van der Waals surface area contributed by atoms with Crippen molar-refractivity contribution in [3.8, 4) is 17.2 Å². The first-order chi connectivity index (χ1) is 12.7. The molecule has 1 aromatic rings. The largest absolute Gasteiger partial charge is 0.490 e. The van der Waals surface area contributed by atoms with Crippen molar-refractivity contribution in [3.05, 3.63) is 17.7 Å². The molecule has 1 fully saturated rings. The second-order valence-corrected chi connectivity index (χ2v) is 6.25. The first-order valence-corrected chi connectivity index (χ1v) is 9.64. The summed E-state index contributed by atoms with van der Waals surface area (Å²) < 4.78 is 23.0. The highest BCUT2D eigenvalue weighted by atomic mass is 16.5. The number of hydrogen-bond donors (Lipinski definition) is 0. The number of benzene rings is 1. The van der Waals surface area contributed by atoms with Crippen LogP contribution in [-0.2, 0) is 4.74 Å². The van der Waals surface area contributed by atoms with Gasteiger partial charge in [0.15, 0.2) is 11.5 Å². The maximum absolute atomic E-state index is 12.9. The molecule has 6 heteroatoms. The molecule has 0 saturated carbocycles. The van der Waals surface area contributed by atoms with Crippen LogP contribution in [0.4, 0.5) is 0 Å². The van der Waals surface area contributed by atoms with Gasteiger partial charge in [0, 0.05) is 18.7 Å². The Labute approximate surface area is 156 Å². The molecular formula is C20H31NO5. The summed E-state index contributed by atoms with van der Waals surface area (Å²) in [6.45, 7) is 10.2. The van der Waals surface area contributed by atoms with Gasteiger partial charge in [-0.3, -0.25) is 4.79 Å². The van der Waals surface area contributed by atoms with Crippen molar-refractivity contribution in [1.82, 2.24) is 4.90 Å². The number of rotatable bonds is 10. The fourth-order valence-electron chi connectivity index (χ4n) is 2.63. The van der Waals surface area contributed by atoms with Gasteiger partial charge in [-0.2, -0.15) is 0 Å². The quantitative estimate of drug-likeness (QED) is 0.635. The average Bonchev–Trinajstić information content (AvgIpc) is 2.69. The second-order valence-electron chi connectivity index (χ2n) is 6.25. The molecule has 6 nitrogen and oxygen atoms in total. The van der Waals surface area contributed by atoms with Crippen LogP contribution in [0.25, 0.3) is 0 Å². The van der Waals surface area contributed by atoms with Gasteiger partial charge >= 0.3 is 0 Å². The SMILES string of the molecule is CCCOc1cc(C(=O)N2CCOCC2)cc(OCCC)c1OCCC. The Kier molecular flexibility index (Phi) is 8.54. The zero-order valence-electron chi connectivity index (χ0n) is 16.2. The maximum atomic E-state index is 12.9. The molecule has 0 bridgehead atoms. The minimum Gasteiger partial charge on any atom is -0.490 e. The predicted molar refractivity (Wildman–Crippen MR) is 101 cm³/mol. The third-order valence-corrected chi connectivity index (χ3v) is 3.94. The van der Waals surface area contributed by atoms with E-state index in [0.717, 1.165) is 19.3 Å². The number of nitrogens with zero attached hydrogens (tertiary/aromatic N) is 1. The smallest absolute Gasteiger partial charge is 0.254 e. The Morgan fingerprint density at radius 3 is 1.92 bits per heavy atom. The Balaban J connectivity index is 2.35. The van der Waals surface area contributed by atoms with Crippen molar-refractivity contribution in [2.24, 2.45) is 0 Å². The van der Waals surface area contributed by atoms with Crippen LogP contribution in [0.2, 0.25) is 0 Å². The third-order valence-electron chi connectivity index (χ3n) is 3.94. The van der Waals surface area contributed by atoms with Gasteiger partial charge in [-0.25, -0.2) is 0 Å². The molecule has 0 aliphatic carbocycles. The van der Waals surface area contributed by atoms with Gasteiger partial charge in [0.05, 0.1) is 33.0 Å². The molecule has 0 unspecified atom stereocenters. The molecule has 0 spiro atoms. The summed E-state index contributed by atoms with van der Waals surface area (Å²) >= 11 is 0. The third kappa shape index (κ3) is 5.53. The Hall–Kier alpha value is -1.95. The molecule has 1 heterocycles. The van der Waals surface area contributed by atoms with E-state index in [1.54, 1.807) is 17.0 Å². The van der Waals surface area contributed by atoms with Gasteiger partial charge in [-0.05, 0) is 31.4 Å². The van der Waals surface area contributed by atoms with Crippen molar-refractivity contribution >= 4 is 5.91 Å². The van der Waals surface area contributed by atoms with E-state index in [2.05, 4.69) is 6.92 Å². The highest BCUT2D eigenvalue weighted by molar-refractivity contribution is 5.95. The minimum absolute atomic E-state index is 0.0296. The molecule has 1 aliphatic rings. The molecule has 146 valence electrons. The molecule has 2 rings (SSSR count). The number of amides is 1. The first-order valence-electron chi connectivity index (χ1n) is 9.64. The lowest BCUT2D eigenvalue weighted by Gasteiger charge is -2.27. The highest BCUT2D eigenvalue weighted by Crippen LogP contribution is 2.39. The lowest BCUT2D eigenvalue weighted by Crippen LogP contribution is -2.40. The molecule has 0 atom stereocenters. The lowest BCUT2D eigenvalue weighted by atomic mass is 10.1. The van der Waals surface area contributed by atoms with Crippen LogP contribution in [0.1, 0.15) is 50.4 Å². The first kappa shape index (κ1) is 20.4. The standard InChI is InChI=1S/C20H31NO5/c1-4-9-24-17-14-16(20(22)21-7-12-23-13-8-21)15-18(25-10-5-2)19(17)26-11-6-3/h14-15H,4-13H2,1-3H3. The van der Waals surface area contributed by atoms with Crippen LogP contribution in [-0.4, -0.2) is 56.9 Å². The van der Waals surface area contributed by atoms with Crippen LogP contribution in [0.3, 0.4) is 0 Å². The summed E-state index contributed by atoms with van der Waals surface area (Å²) in [6.07, 6.45) is 2.63. The van der Waals surface area contributed by atoms with E-state index in [-0.39, 0.29) is 5.91 Å². The molecule has 0 aromatic heterocycles. The van der Waals surface area contributed by atoms with E-state index in [0.29, 0.717) is 68.9 Å². The van der Waals surface area contributed by atoms with Crippen LogP contribution in [0.15, 0.2) is 12.1 Å². The number of morpholine rings is 1. The normalized spacial score (nSPS) is 14.2. The molecule has 1 saturated heterocycles. The lowest BCUT2D eigenvalue weighted by molar-refractivity contribution is 0.0302. The Bertz CT molecular complexity index is 540. The molecule has 0 radical (unpaired) electrons. The topological polar surface area (TPSA) is 57.2 Å². The Morgan fingerprint density at radius 1 is 0.923 bits per heavy atom. The van der Waals surface area contributed by atoms with Crippen molar-refractivity contribution in [1.29, 1.82) is 0 Å². The van der Waals surface area contributed by atoms with E-state index in [4.69, 9.17) is 18.9 Å². The van der Waals surface area contributed by atoms with E-state index in [9.17, 15) is 4.79 Å². The second kappa shape index (κ2) is 10.9. The summed E-state index contributed by atoms with van der Waals surface area (Å²) in [4.78, 5) is 14.7. The van der Waals surface area contributed by atoms with Gasteiger partial charge < -0.3 is 23.8 Å². The van der Waals surface area contributed by atoms with Crippen LogP contribution in [0.5, 0.6) is 17.2 Å². The fourth-order valence-corrected chi connectivity index (χ4v) is 2.63. The number of carbonyl (C=O) groups is 1. The summed E-state index contributed by atoms with van der Waals surface area (Å²) in [6, 6.07) is 3.55. The zero-order chi connectivity index (χ0) is 18.8. The molecule has 1 aliphatic heterocycles. The van der Waals surface area contributed by atoms with Crippen molar-refractivity contribution in [2.75, 3.05) is 46.1 Å². The average molecular weight is 365 g/mol. The molecule has 0 N–H and O–H groups in total. The summed E-state index contributed by atoms with van der Waals surface area (Å²) in [5.74, 6) is 1.71. The van der Waals surface area contributed by atoms with E-state index >= 15 is 0 Å². The van der Waals surface area contributed by atoms with Crippen molar-refractivity contribution in [3.63, 3.8) is 0 Å². The maximum Gasteiger partial charge on any atom is 0.254 e. The summed E-state index contributed by atoms with van der Waals surface area (Å²) in [7, 11) is 0. The van der Waals surface area contributed by atoms with E-state index < -0.39 is 0 Å². The molecule has 1 aromatic carbocycles. The zero-order valence-corrected chi connectivity index (χ0v) is 16.2. The van der Waals surface area contributed by atoms with Crippen LogP contribution in [0, 0.1) is 0 Å². The number of carbonyl (C=O) groups excluding carboxylic acids is 1. The predicted octanol–water partition coefficient (Wildman–Crippen LogP) is 3.53. The summed E-state index contributed by atoms with van der Waals surface area (Å²) in [5, 5.41) is 0. The highest BCUT2D eigenvalue weighted by Gasteiger charge is 2.23. The van der Waals surface area contributed by atoms with Crippen molar-refractivity contribution < 1.29 is 23.7 Å². The van der Waals surface area contributed by atoms with Crippen molar-refractivity contribution in [2.45, 2.75) is 40.0 Å².